The van der Waals surface area contributed by atoms with Crippen molar-refractivity contribution in [3.8, 4) is 5.75 Å². The number of phenolic OH excluding ortho intramolecular Hbond substituents is 1. The first-order valence-corrected chi connectivity index (χ1v) is 12.6. The number of aromatic hydroxyl groups is 1. The van der Waals surface area contributed by atoms with Gasteiger partial charge in [-0.1, -0.05) is 25.8 Å². The molecule has 0 spiro atoms. The summed E-state index contributed by atoms with van der Waals surface area (Å²) in [6.07, 6.45) is 9.13. The minimum absolute atomic E-state index is 0.00674. The highest BCUT2D eigenvalue weighted by Gasteiger charge is 2.48. The zero-order chi connectivity index (χ0) is 25.4. The second-order valence-electron chi connectivity index (χ2n) is 10.1. The summed E-state index contributed by atoms with van der Waals surface area (Å²) in [6, 6.07) is 3.14. The summed E-state index contributed by atoms with van der Waals surface area (Å²) in [5.41, 5.74) is 1.53. The molecular formula is C27H31FN4O4. The lowest BCUT2D eigenvalue weighted by molar-refractivity contribution is -0.167. The smallest absolute Gasteiger partial charge is 0.338 e. The average molecular weight is 495 g/mol. The molecule has 8 nitrogen and oxygen atoms in total. The van der Waals surface area contributed by atoms with Crippen LogP contribution in [0, 0.1) is 18.7 Å². The van der Waals surface area contributed by atoms with Gasteiger partial charge in [0.1, 0.15) is 11.4 Å². The molecule has 0 radical (unpaired) electrons. The molecule has 5 rings (SSSR count). The van der Waals surface area contributed by atoms with Crippen LogP contribution in [0.1, 0.15) is 68.0 Å². The molecule has 1 saturated carbocycles. The third-order valence-corrected chi connectivity index (χ3v) is 7.58. The molecule has 2 aliphatic rings. The quantitative estimate of drug-likeness (QED) is 0.458. The van der Waals surface area contributed by atoms with E-state index in [2.05, 4.69) is 15.1 Å². The molecule has 0 saturated heterocycles. The molecule has 36 heavy (non-hydrogen) atoms. The number of nitrogens with zero attached hydrogens (tertiary/aromatic N) is 4. The standard InChI is InChI=1S/C27H31FN4O4/c1-3-18-10-17(11-21(28)24(18)34)8-9-27(19-6-4-5-7-19)13-22(33)20(25(35)36-27)12-23-30-26-29-14-16(2)15-32(26)31-23/h10-11,14-15,19,33-34H,3-9,12-13H2,1-2H3. The molecule has 1 aromatic carbocycles. The maximum atomic E-state index is 14.3. The lowest BCUT2D eigenvalue weighted by Gasteiger charge is -2.41. The third-order valence-electron chi connectivity index (χ3n) is 7.58. The van der Waals surface area contributed by atoms with Crippen LogP contribution in [0.25, 0.3) is 5.78 Å². The Hall–Kier alpha value is -3.49. The van der Waals surface area contributed by atoms with Crippen LogP contribution in [0.5, 0.6) is 5.75 Å². The van der Waals surface area contributed by atoms with Crippen molar-refractivity contribution in [3.63, 3.8) is 0 Å². The van der Waals surface area contributed by atoms with Crippen molar-refractivity contribution in [2.75, 3.05) is 0 Å². The van der Waals surface area contributed by atoms with Crippen molar-refractivity contribution >= 4 is 11.7 Å². The zero-order valence-electron chi connectivity index (χ0n) is 20.6. The summed E-state index contributed by atoms with van der Waals surface area (Å²) in [6.45, 7) is 3.76. The lowest BCUT2D eigenvalue weighted by Crippen LogP contribution is -2.46. The van der Waals surface area contributed by atoms with Crippen molar-refractivity contribution in [1.29, 1.82) is 0 Å². The van der Waals surface area contributed by atoms with Crippen LogP contribution in [0.15, 0.2) is 35.9 Å². The Morgan fingerprint density at radius 2 is 2.03 bits per heavy atom. The van der Waals surface area contributed by atoms with E-state index in [1.807, 2.05) is 13.8 Å². The summed E-state index contributed by atoms with van der Waals surface area (Å²) in [5, 5.41) is 25.4. The van der Waals surface area contributed by atoms with E-state index in [9.17, 15) is 19.4 Å². The van der Waals surface area contributed by atoms with Crippen molar-refractivity contribution in [2.45, 2.75) is 77.2 Å². The van der Waals surface area contributed by atoms with Gasteiger partial charge in [-0.3, -0.25) is 0 Å². The topological polar surface area (TPSA) is 110 Å². The second kappa shape index (κ2) is 9.52. The number of halogens is 1. The van der Waals surface area contributed by atoms with Gasteiger partial charge in [-0.05, 0) is 67.7 Å². The first kappa shape index (κ1) is 24.2. The number of hydrogen-bond acceptors (Lipinski definition) is 7. The number of aryl methyl sites for hydroxylation is 3. The molecule has 3 aromatic rings. The van der Waals surface area contributed by atoms with E-state index in [0.29, 0.717) is 36.4 Å². The van der Waals surface area contributed by atoms with Gasteiger partial charge in [-0.15, -0.1) is 5.10 Å². The third kappa shape index (κ3) is 4.54. The number of carbonyl (C=O) groups is 1. The zero-order valence-corrected chi connectivity index (χ0v) is 20.6. The van der Waals surface area contributed by atoms with Crippen LogP contribution in [0.4, 0.5) is 4.39 Å². The highest BCUT2D eigenvalue weighted by molar-refractivity contribution is 5.90. The molecule has 9 heteroatoms. The minimum Gasteiger partial charge on any atom is -0.512 e. The highest BCUT2D eigenvalue weighted by Crippen LogP contribution is 2.46. The summed E-state index contributed by atoms with van der Waals surface area (Å²) in [5.74, 6) is -0.578. The Morgan fingerprint density at radius 3 is 2.75 bits per heavy atom. The molecule has 0 amide bonds. The van der Waals surface area contributed by atoms with Crippen molar-refractivity contribution in [2.24, 2.45) is 5.92 Å². The monoisotopic (exact) mass is 494 g/mol. The minimum atomic E-state index is -0.854. The second-order valence-corrected chi connectivity index (χ2v) is 10.1. The molecule has 1 atom stereocenters. The number of fused-ring (bicyclic) bond motifs is 1. The van der Waals surface area contributed by atoms with Crippen LogP contribution in [-0.2, 0) is 28.8 Å². The van der Waals surface area contributed by atoms with Gasteiger partial charge < -0.3 is 14.9 Å². The normalized spacial score (nSPS) is 20.9. The van der Waals surface area contributed by atoms with Crippen LogP contribution < -0.4 is 0 Å². The molecule has 3 heterocycles. The number of aliphatic hydroxyl groups is 1. The van der Waals surface area contributed by atoms with Crippen LogP contribution >= 0.6 is 0 Å². The van der Waals surface area contributed by atoms with Crippen molar-refractivity contribution in [1.82, 2.24) is 19.6 Å². The van der Waals surface area contributed by atoms with E-state index < -0.39 is 17.4 Å². The fourth-order valence-corrected chi connectivity index (χ4v) is 5.63. The maximum absolute atomic E-state index is 14.3. The maximum Gasteiger partial charge on any atom is 0.338 e. The highest BCUT2D eigenvalue weighted by atomic mass is 19.1. The van der Waals surface area contributed by atoms with E-state index in [1.165, 1.54) is 6.07 Å². The summed E-state index contributed by atoms with van der Waals surface area (Å²) < 4.78 is 22.0. The average Bonchev–Trinajstić information content (AvgIpc) is 3.52. The molecule has 1 fully saturated rings. The number of benzene rings is 1. The number of aromatic nitrogens is 4. The van der Waals surface area contributed by atoms with Gasteiger partial charge in [0.15, 0.2) is 17.4 Å². The van der Waals surface area contributed by atoms with Gasteiger partial charge >= 0.3 is 5.97 Å². The molecule has 1 aliphatic carbocycles. The Bertz CT molecular complexity index is 1350. The number of aliphatic hydroxyl groups excluding tert-OH is 1. The first-order valence-electron chi connectivity index (χ1n) is 12.6. The predicted octanol–water partition coefficient (Wildman–Crippen LogP) is 4.70. The number of esters is 1. The lowest BCUT2D eigenvalue weighted by atomic mass is 9.76. The van der Waals surface area contributed by atoms with Crippen molar-refractivity contribution < 1.29 is 24.1 Å². The largest absolute Gasteiger partial charge is 0.512 e. The predicted molar refractivity (Wildman–Crippen MR) is 130 cm³/mol. The SMILES string of the molecule is CCc1cc(CCC2(C3CCCC3)CC(O)=C(Cc3nc4ncc(C)cn4n3)C(=O)O2)cc(F)c1O. The molecule has 2 aromatic heterocycles. The van der Waals surface area contributed by atoms with E-state index in [4.69, 9.17) is 4.74 Å². The van der Waals surface area contributed by atoms with Gasteiger partial charge in [0.05, 0.1) is 5.57 Å². The van der Waals surface area contributed by atoms with E-state index in [0.717, 1.165) is 36.8 Å². The van der Waals surface area contributed by atoms with Gasteiger partial charge in [-0.2, -0.15) is 4.98 Å². The summed E-state index contributed by atoms with van der Waals surface area (Å²) in [4.78, 5) is 21.9. The molecule has 1 aliphatic heterocycles. The Morgan fingerprint density at radius 1 is 1.25 bits per heavy atom. The van der Waals surface area contributed by atoms with Gasteiger partial charge in [-0.25, -0.2) is 18.7 Å². The summed E-state index contributed by atoms with van der Waals surface area (Å²) >= 11 is 0. The number of carbonyl (C=O) groups excluding carboxylic acids is 1. The number of phenols is 1. The number of hydrogen-bond donors (Lipinski definition) is 2. The molecule has 0 bridgehead atoms. The number of rotatable bonds is 7. The number of cyclic esters (lactones) is 1. The van der Waals surface area contributed by atoms with Crippen LogP contribution in [-0.4, -0.2) is 41.4 Å². The van der Waals surface area contributed by atoms with E-state index >= 15 is 0 Å². The fourth-order valence-electron chi connectivity index (χ4n) is 5.63. The van der Waals surface area contributed by atoms with Crippen LogP contribution in [0.3, 0.4) is 0 Å². The van der Waals surface area contributed by atoms with Gasteiger partial charge in [0.25, 0.3) is 5.78 Å². The van der Waals surface area contributed by atoms with E-state index in [1.54, 1.807) is 23.0 Å². The Kier molecular flexibility index (Phi) is 6.40. The number of ether oxygens (including phenoxy) is 1. The molecule has 2 N–H and O–H groups in total. The van der Waals surface area contributed by atoms with Gasteiger partial charge in [0.2, 0.25) is 0 Å². The first-order chi connectivity index (χ1) is 17.3. The fraction of sp³-hybridized carbons (Fsp3) is 0.481. The molecular weight excluding hydrogens is 463 g/mol. The Labute approximate surface area is 208 Å². The Balaban J connectivity index is 1.41. The van der Waals surface area contributed by atoms with Crippen LogP contribution in [0.2, 0.25) is 0 Å². The molecule has 190 valence electrons. The van der Waals surface area contributed by atoms with E-state index in [-0.39, 0.29) is 35.8 Å². The van der Waals surface area contributed by atoms with Crippen molar-refractivity contribution in [3.05, 3.63) is 64.2 Å². The molecule has 1 unspecified atom stereocenters. The van der Waals surface area contributed by atoms with Gasteiger partial charge in [0, 0.05) is 25.2 Å². The summed E-state index contributed by atoms with van der Waals surface area (Å²) in [7, 11) is 0.